The van der Waals surface area contributed by atoms with E-state index < -0.39 is 0 Å². The lowest BCUT2D eigenvalue weighted by atomic mass is 10.2. The van der Waals surface area contributed by atoms with Crippen LogP contribution in [0.1, 0.15) is 11.4 Å². The highest BCUT2D eigenvalue weighted by Crippen LogP contribution is 2.16. The molecule has 1 heterocycles. The van der Waals surface area contributed by atoms with Gasteiger partial charge in [0.15, 0.2) is 0 Å². The monoisotopic (exact) mass is 261 g/mol. The van der Waals surface area contributed by atoms with Crippen LogP contribution in [0.25, 0.3) is 0 Å². The molecule has 6 heteroatoms. The molecule has 0 atom stereocenters. The van der Waals surface area contributed by atoms with Gasteiger partial charge in [0.25, 0.3) is 0 Å². The maximum atomic E-state index is 5.63. The predicted octanol–water partition coefficient (Wildman–Crippen LogP) is 1.09. The highest BCUT2D eigenvalue weighted by atomic mass is 32.1. The van der Waals surface area contributed by atoms with Gasteiger partial charge < -0.3 is 10.6 Å². The van der Waals surface area contributed by atoms with Gasteiger partial charge in [0.2, 0.25) is 0 Å². The average molecular weight is 261 g/mol. The zero-order valence-corrected chi connectivity index (χ0v) is 11.2. The summed E-state index contributed by atoms with van der Waals surface area (Å²) in [6.45, 7) is 0.678. The molecule has 0 aliphatic heterocycles. The highest BCUT2D eigenvalue weighted by Gasteiger charge is 2.07. The minimum Gasteiger partial charge on any atom is -0.389 e. The van der Waals surface area contributed by atoms with E-state index in [0.717, 1.165) is 17.1 Å². The molecule has 0 bridgehead atoms. The summed E-state index contributed by atoms with van der Waals surface area (Å²) >= 11 is 4.98. The summed E-state index contributed by atoms with van der Waals surface area (Å²) in [4.78, 5) is 6.68. The first-order valence-electron chi connectivity index (χ1n) is 5.52. The van der Waals surface area contributed by atoms with E-state index in [4.69, 9.17) is 18.0 Å². The number of nitrogens with two attached hydrogens (primary N) is 1. The number of thiocarbonyl (C=S) groups is 1. The normalized spacial score (nSPS) is 10.3. The zero-order chi connectivity index (χ0) is 13.1. The maximum absolute atomic E-state index is 5.63. The van der Waals surface area contributed by atoms with Crippen molar-refractivity contribution >= 4 is 22.9 Å². The van der Waals surface area contributed by atoms with E-state index in [1.54, 1.807) is 11.0 Å². The molecule has 0 amide bonds. The molecule has 5 nitrogen and oxygen atoms in total. The third kappa shape index (κ3) is 2.65. The van der Waals surface area contributed by atoms with Crippen LogP contribution >= 0.6 is 12.2 Å². The SMILES string of the molecule is CN(Cc1ncnn1C)c1cccc(C(N)=S)c1. The summed E-state index contributed by atoms with van der Waals surface area (Å²) in [5, 5.41) is 4.05. The Morgan fingerprint density at radius 2 is 2.28 bits per heavy atom. The fraction of sp³-hybridized carbons (Fsp3) is 0.250. The van der Waals surface area contributed by atoms with Crippen molar-refractivity contribution in [2.45, 2.75) is 6.54 Å². The lowest BCUT2D eigenvalue weighted by Gasteiger charge is -2.19. The molecule has 0 aliphatic rings. The fourth-order valence-electron chi connectivity index (χ4n) is 1.66. The Labute approximate surface area is 111 Å². The van der Waals surface area contributed by atoms with Crippen LogP contribution in [-0.4, -0.2) is 26.8 Å². The van der Waals surface area contributed by atoms with Gasteiger partial charge in [-0.25, -0.2) is 4.98 Å². The summed E-state index contributed by atoms with van der Waals surface area (Å²) in [7, 11) is 3.87. The fourth-order valence-corrected chi connectivity index (χ4v) is 1.79. The van der Waals surface area contributed by atoms with E-state index in [2.05, 4.69) is 15.0 Å². The number of aromatic nitrogens is 3. The molecule has 1 aromatic heterocycles. The number of hydrogen-bond donors (Lipinski definition) is 1. The van der Waals surface area contributed by atoms with Gasteiger partial charge in [0, 0.05) is 25.3 Å². The van der Waals surface area contributed by atoms with Crippen LogP contribution in [0.15, 0.2) is 30.6 Å². The standard InChI is InChI=1S/C12H15N5S/c1-16(7-11-14-8-15-17(11)2)10-5-3-4-9(6-10)12(13)18/h3-6,8H,7H2,1-2H3,(H2,13,18). The molecule has 18 heavy (non-hydrogen) atoms. The molecule has 2 rings (SSSR count). The van der Waals surface area contributed by atoms with Crippen molar-refractivity contribution in [1.29, 1.82) is 0 Å². The topological polar surface area (TPSA) is 60.0 Å². The Kier molecular flexibility index (Phi) is 3.57. The van der Waals surface area contributed by atoms with Gasteiger partial charge in [-0.05, 0) is 12.1 Å². The molecule has 2 aromatic rings. The van der Waals surface area contributed by atoms with Crippen LogP contribution < -0.4 is 10.6 Å². The second-order valence-electron chi connectivity index (χ2n) is 4.07. The Hall–Kier alpha value is -1.95. The molecule has 1 aromatic carbocycles. The van der Waals surface area contributed by atoms with Crippen molar-refractivity contribution in [3.63, 3.8) is 0 Å². The largest absolute Gasteiger partial charge is 0.389 e. The third-order valence-electron chi connectivity index (χ3n) is 2.76. The number of benzene rings is 1. The first-order chi connectivity index (χ1) is 8.58. The Morgan fingerprint density at radius 1 is 1.50 bits per heavy atom. The van der Waals surface area contributed by atoms with E-state index in [0.29, 0.717) is 11.5 Å². The molecule has 0 saturated carbocycles. The van der Waals surface area contributed by atoms with Crippen LogP contribution in [0, 0.1) is 0 Å². The molecular formula is C12H15N5S. The average Bonchev–Trinajstić information content (AvgIpc) is 2.75. The number of nitrogens with zero attached hydrogens (tertiary/aromatic N) is 4. The third-order valence-corrected chi connectivity index (χ3v) is 2.99. The molecule has 94 valence electrons. The Balaban J connectivity index is 2.18. The van der Waals surface area contributed by atoms with Crippen molar-refractivity contribution in [2.24, 2.45) is 12.8 Å². The minimum atomic E-state index is 0.406. The van der Waals surface area contributed by atoms with E-state index in [1.807, 2.05) is 38.4 Å². The number of anilines is 1. The molecule has 0 saturated heterocycles. The van der Waals surface area contributed by atoms with Gasteiger partial charge >= 0.3 is 0 Å². The minimum absolute atomic E-state index is 0.406. The number of hydrogen-bond acceptors (Lipinski definition) is 4. The molecule has 0 unspecified atom stereocenters. The van der Waals surface area contributed by atoms with Crippen LogP contribution in [0.4, 0.5) is 5.69 Å². The predicted molar refractivity (Wildman–Crippen MR) is 75.4 cm³/mol. The summed E-state index contributed by atoms with van der Waals surface area (Å²) in [6.07, 6.45) is 1.55. The molecule has 0 fully saturated rings. The van der Waals surface area contributed by atoms with E-state index in [1.165, 1.54) is 0 Å². The Bertz CT molecular complexity index is 563. The molecule has 2 N–H and O–H groups in total. The Morgan fingerprint density at radius 3 is 2.89 bits per heavy atom. The van der Waals surface area contributed by atoms with Crippen LogP contribution in [0.2, 0.25) is 0 Å². The van der Waals surface area contributed by atoms with Crippen molar-refractivity contribution in [1.82, 2.24) is 14.8 Å². The maximum Gasteiger partial charge on any atom is 0.146 e. The van der Waals surface area contributed by atoms with Crippen molar-refractivity contribution < 1.29 is 0 Å². The van der Waals surface area contributed by atoms with Crippen molar-refractivity contribution in [3.05, 3.63) is 42.0 Å². The van der Waals surface area contributed by atoms with Crippen molar-refractivity contribution in [2.75, 3.05) is 11.9 Å². The van der Waals surface area contributed by atoms with Gasteiger partial charge in [-0.2, -0.15) is 5.10 Å². The molecule has 0 spiro atoms. The van der Waals surface area contributed by atoms with Gasteiger partial charge in [0.1, 0.15) is 17.1 Å². The first-order valence-corrected chi connectivity index (χ1v) is 5.92. The zero-order valence-electron chi connectivity index (χ0n) is 10.4. The second kappa shape index (κ2) is 5.14. The van der Waals surface area contributed by atoms with E-state index in [-0.39, 0.29) is 0 Å². The summed E-state index contributed by atoms with van der Waals surface area (Å²) in [5.41, 5.74) is 7.54. The van der Waals surface area contributed by atoms with E-state index in [9.17, 15) is 0 Å². The molecule has 0 radical (unpaired) electrons. The summed E-state index contributed by atoms with van der Waals surface area (Å²) in [6, 6.07) is 7.83. The van der Waals surface area contributed by atoms with Crippen LogP contribution in [0.3, 0.4) is 0 Å². The molecule has 0 aliphatic carbocycles. The highest BCUT2D eigenvalue weighted by molar-refractivity contribution is 7.80. The number of rotatable bonds is 4. The second-order valence-corrected chi connectivity index (χ2v) is 4.51. The van der Waals surface area contributed by atoms with Gasteiger partial charge in [-0.1, -0.05) is 24.4 Å². The summed E-state index contributed by atoms with van der Waals surface area (Å²) < 4.78 is 1.76. The van der Waals surface area contributed by atoms with Crippen LogP contribution in [-0.2, 0) is 13.6 Å². The van der Waals surface area contributed by atoms with Gasteiger partial charge in [0.05, 0.1) is 6.54 Å². The smallest absolute Gasteiger partial charge is 0.146 e. The lowest BCUT2D eigenvalue weighted by Crippen LogP contribution is -2.20. The van der Waals surface area contributed by atoms with Crippen molar-refractivity contribution in [3.8, 4) is 0 Å². The van der Waals surface area contributed by atoms with Crippen LogP contribution in [0.5, 0.6) is 0 Å². The first kappa shape index (κ1) is 12.5. The molecular weight excluding hydrogens is 246 g/mol. The van der Waals surface area contributed by atoms with Gasteiger partial charge in [-0.15, -0.1) is 0 Å². The summed E-state index contributed by atoms with van der Waals surface area (Å²) in [5.74, 6) is 0.901. The van der Waals surface area contributed by atoms with Gasteiger partial charge in [-0.3, -0.25) is 4.68 Å². The van der Waals surface area contributed by atoms with E-state index >= 15 is 0 Å². The lowest BCUT2D eigenvalue weighted by molar-refractivity contribution is 0.688. The number of aryl methyl sites for hydroxylation is 1. The quantitative estimate of drug-likeness (QED) is 0.835.